The van der Waals surface area contributed by atoms with Crippen LogP contribution in [0.4, 0.5) is 0 Å². The summed E-state index contributed by atoms with van der Waals surface area (Å²) in [5, 5.41) is 3.60. The van der Waals surface area contributed by atoms with Gasteiger partial charge in [0.1, 0.15) is 11.6 Å². The van der Waals surface area contributed by atoms with Crippen molar-refractivity contribution in [1.82, 2.24) is 19.5 Å². The number of hydrogen-bond donors (Lipinski definition) is 1. The zero-order valence-electron chi connectivity index (χ0n) is 19.0. The molecule has 33 heavy (non-hydrogen) atoms. The van der Waals surface area contributed by atoms with Crippen LogP contribution < -0.4 is 0 Å². The first-order valence-corrected chi connectivity index (χ1v) is 12.2. The van der Waals surface area contributed by atoms with E-state index in [-0.39, 0.29) is 11.5 Å². The van der Waals surface area contributed by atoms with Crippen LogP contribution in [0.3, 0.4) is 0 Å². The van der Waals surface area contributed by atoms with Gasteiger partial charge in [0.15, 0.2) is 0 Å². The van der Waals surface area contributed by atoms with Crippen LogP contribution >= 0.6 is 11.3 Å². The van der Waals surface area contributed by atoms with Crippen molar-refractivity contribution < 1.29 is 0 Å². The highest BCUT2D eigenvalue weighted by Crippen LogP contribution is 2.40. The fraction of sp³-hybridized carbons (Fsp3) is 0.214. The average molecular weight is 451 g/mol. The van der Waals surface area contributed by atoms with Crippen LogP contribution in [0.15, 0.2) is 78.2 Å². The highest BCUT2D eigenvalue weighted by Gasteiger charge is 2.34. The maximum absolute atomic E-state index is 5.13. The molecular formula is C28H26N4S. The van der Waals surface area contributed by atoms with Crippen LogP contribution in [0.2, 0.25) is 0 Å². The first-order chi connectivity index (χ1) is 16.0. The Morgan fingerprint density at radius 1 is 0.879 bits per heavy atom. The SMILES string of the molecule is CC(C)(C)C(c1nc2ccccc2[nH]1)n1c(Cc2csc3ccccc23)nc2ccccc21. The van der Waals surface area contributed by atoms with E-state index in [2.05, 4.69) is 102 Å². The van der Waals surface area contributed by atoms with Crippen molar-refractivity contribution in [3.63, 3.8) is 0 Å². The lowest BCUT2D eigenvalue weighted by Crippen LogP contribution is -2.28. The molecule has 0 fully saturated rings. The van der Waals surface area contributed by atoms with Gasteiger partial charge in [0.05, 0.1) is 28.1 Å². The Balaban J connectivity index is 1.57. The van der Waals surface area contributed by atoms with E-state index in [0.29, 0.717) is 0 Å². The minimum absolute atomic E-state index is 0.0113. The summed E-state index contributed by atoms with van der Waals surface area (Å²) in [6, 6.07) is 25.4. The van der Waals surface area contributed by atoms with Gasteiger partial charge in [-0.15, -0.1) is 11.3 Å². The molecule has 0 saturated heterocycles. The van der Waals surface area contributed by atoms with Crippen LogP contribution in [0.5, 0.6) is 0 Å². The molecule has 0 saturated carbocycles. The van der Waals surface area contributed by atoms with Gasteiger partial charge in [0.25, 0.3) is 0 Å². The molecule has 1 atom stereocenters. The molecule has 6 aromatic rings. The fourth-order valence-electron chi connectivity index (χ4n) is 4.87. The van der Waals surface area contributed by atoms with E-state index in [9.17, 15) is 0 Å². The number of aromatic nitrogens is 4. The summed E-state index contributed by atoms with van der Waals surface area (Å²) in [4.78, 5) is 13.8. The molecule has 0 aliphatic carbocycles. The Morgan fingerprint density at radius 2 is 1.61 bits per heavy atom. The normalized spacial score (nSPS) is 13.3. The van der Waals surface area contributed by atoms with E-state index >= 15 is 0 Å². The number of H-pyrrole nitrogens is 1. The summed E-state index contributed by atoms with van der Waals surface area (Å²) in [6.07, 6.45) is 0.783. The van der Waals surface area contributed by atoms with E-state index < -0.39 is 0 Å². The van der Waals surface area contributed by atoms with Crippen molar-refractivity contribution in [2.75, 3.05) is 0 Å². The molecule has 3 aromatic heterocycles. The molecule has 5 heteroatoms. The van der Waals surface area contributed by atoms with Gasteiger partial charge < -0.3 is 9.55 Å². The molecule has 6 rings (SSSR count). The van der Waals surface area contributed by atoms with E-state index in [1.54, 1.807) is 11.3 Å². The fourth-order valence-corrected chi connectivity index (χ4v) is 5.83. The van der Waals surface area contributed by atoms with Crippen LogP contribution in [-0.2, 0) is 6.42 Å². The van der Waals surface area contributed by atoms with Gasteiger partial charge >= 0.3 is 0 Å². The topological polar surface area (TPSA) is 46.5 Å². The third kappa shape index (κ3) is 3.44. The highest BCUT2D eigenvalue weighted by molar-refractivity contribution is 7.17. The largest absolute Gasteiger partial charge is 0.340 e. The van der Waals surface area contributed by atoms with Gasteiger partial charge in [0.2, 0.25) is 0 Å². The molecule has 164 valence electrons. The van der Waals surface area contributed by atoms with Crippen molar-refractivity contribution in [3.05, 3.63) is 95.4 Å². The highest BCUT2D eigenvalue weighted by atomic mass is 32.1. The smallest absolute Gasteiger partial charge is 0.131 e. The summed E-state index contributed by atoms with van der Waals surface area (Å²) in [5.74, 6) is 2.04. The zero-order valence-corrected chi connectivity index (χ0v) is 19.9. The van der Waals surface area contributed by atoms with Gasteiger partial charge in [-0.25, -0.2) is 9.97 Å². The summed E-state index contributed by atoms with van der Waals surface area (Å²) >= 11 is 1.80. The maximum Gasteiger partial charge on any atom is 0.131 e. The second-order valence-corrected chi connectivity index (χ2v) is 10.6. The Kier molecular flexibility index (Phi) is 4.63. The van der Waals surface area contributed by atoms with Gasteiger partial charge in [-0.05, 0) is 52.1 Å². The van der Waals surface area contributed by atoms with Crippen LogP contribution in [-0.4, -0.2) is 19.5 Å². The number of thiophene rings is 1. The van der Waals surface area contributed by atoms with Crippen LogP contribution in [0.25, 0.3) is 32.2 Å². The van der Waals surface area contributed by atoms with Crippen LogP contribution in [0, 0.1) is 5.41 Å². The number of aromatic amines is 1. The number of para-hydroxylation sites is 4. The van der Waals surface area contributed by atoms with E-state index in [0.717, 1.165) is 40.1 Å². The summed E-state index contributed by atoms with van der Waals surface area (Å²) < 4.78 is 3.74. The third-order valence-electron chi connectivity index (χ3n) is 6.32. The van der Waals surface area contributed by atoms with Crippen molar-refractivity contribution in [3.8, 4) is 0 Å². The number of hydrogen-bond acceptors (Lipinski definition) is 3. The van der Waals surface area contributed by atoms with Crippen molar-refractivity contribution in [2.24, 2.45) is 5.41 Å². The molecule has 0 spiro atoms. The van der Waals surface area contributed by atoms with E-state index in [4.69, 9.17) is 9.97 Å². The predicted octanol–water partition coefficient (Wildman–Crippen LogP) is 7.35. The standard InChI is InChI=1S/C28H26N4S/c1-28(2,3)26(27-30-20-11-5-6-12-21(20)31-27)32-23-14-8-7-13-22(23)29-25(32)16-18-17-33-24-15-9-4-10-19(18)24/h4-15,17,26H,16H2,1-3H3,(H,30,31). The monoisotopic (exact) mass is 450 g/mol. The molecule has 0 aliphatic heterocycles. The minimum atomic E-state index is -0.0805. The second kappa shape index (κ2) is 7.56. The molecule has 4 nitrogen and oxygen atoms in total. The number of nitrogens with one attached hydrogen (secondary N) is 1. The molecule has 0 amide bonds. The number of nitrogens with zero attached hydrogens (tertiary/aromatic N) is 3. The van der Waals surface area contributed by atoms with Gasteiger partial charge in [-0.2, -0.15) is 0 Å². The lowest BCUT2D eigenvalue weighted by molar-refractivity contribution is 0.274. The quantitative estimate of drug-likeness (QED) is 0.305. The number of rotatable bonds is 4. The first kappa shape index (κ1) is 20.2. The van der Waals surface area contributed by atoms with E-state index in [1.165, 1.54) is 15.6 Å². The first-order valence-electron chi connectivity index (χ1n) is 11.3. The molecule has 1 unspecified atom stereocenters. The molecular weight excluding hydrogens is 424 g/mol. The predicted molar refractivity (Wildman–Crippen MR) is 138 cm³/mol. The summed E-state index contributed by atoms with van der Waals surface area (Å²) in [7, 11) is 0. The minimum Gasteiger partial charge on any atom is -0.340 e. The molecule has 3 aromatic carbocycles. The molecule has 1 N–H and O–H groups in total. The lowest BCUT2D eigenvalue weighted by atomic mass is 9.85. The Hall–Kier alpha value is -3.44. The molecule has 0 radical (unpaired) electrons. The number of fused-ring (bicyclic) bond motifs is 3. The molecule has 3 heterocycles. The number of benzene rings is 3. The molecule has 0 aliphatic rings. The maximum atomic E-state index is 5.13. The molecule has 0 bridgehead atoms. The second-order valence-electron chi connectivity index (χ2n) is 9.73. The van der Waals surface area contributed by atoms with E-state index in [1.807, 2.05) is 6.07 Å². The Labute approximate surface area is 196 Å². The Bertz CT molecular complexity index is 1560. The lowest BCUT2D eigenvalue weighted by Gasteiger charge is -2.32. The van der Waals surface area contributed by atoms with Gasteiger partial charge in [-0.1, -0.05) is 63.2 Å². The van der Waals surface area contributed by atoms with Gasteiger partial charge in [0, 0.05) is 11.1 Å². The van der Waals surface area contributed by atoms with Crippen molar-refractivity contribution >= 4 is 43.5 Å². The van der Waals surface area contributed by atoms with Crippen molar-refractivity contribution in [2.45, 2.75) is 33.2 Å². The summed E-state index contributed by atoms with van der Waals surface area (Å²) in [5.41, 5.74) is 5.48. The number of imidazole rings is 2. The van der Waals surface area contributed by atoms with Gasteiger partial charge in [-0.3, -0.25) is 0 Å². The zero-order chi connectivity index (χ0) is 22.6. The van der Waals surface area contributed by atoms with Crippen molar-refractivity contribution in [1.29, 1.82) is 0 Å². The third-order valence-corrected chi connectivity index (χ3v) is 7.34. The Morgan fingerprint density at radius 3 is 2.42 bits per heavy atom. The summed E-state index contributed by atoms with van der Waals surface area (Å²) in [6.45, 7) is 6.84. The average Bonchev–Trinajstić information content (AvgIpc) is 3.49. The van der Waals surface area contributed by atoms with Crippen LogP contribution in [0.1, 0.15) is 44.0 Å².